The Morgan fingerprint density at radius 1 is 1.06 bits per heavy atom. The van der Waals surface area contributed by atoms with Crippen LogP contribution in [0.4, 0.5) is 0 Å². The van der Waals surface area contributed by atoms with Crippen LogP contribution in [0.3, 0.4) is 0 Å². The van der Waals surface area contributed by atoms with Crippen molar-refractivity contribution in [1.82, 2.24) is 0 Å². The third-order valence-corrected chi connectivity index (χ3v) is 10.8. The molecule has 0 aromatic heterocycles. The van der Waals surface area contributed by atoms with Crippen molar-refractivity contribution in [3.63, 3.8) is 0 Å². The fourth-order valence-corrected chi connectivity index (χ4v) is 8.70. The fraction of sp³-hybridized carbons (Fsp3) is 0.700. The highest BCUT2D eigenvalue weighted by molar-refractivity contribution is 5.86. The zero-order chi connectivity index (χ0) is 24.4. The molecule has 1 N–H and O–H groups in total. The molecule has 4 aliphatic carbocycles. The van der Waals surface area contributed by atoms with E-state index >= 15 is 0 Å². The van der Waals surface area contributed by atoms with Gasteiger partial charge in [0.1, 0.15) is 5.60 Å². The van der Waals surface area contributed by atoms with Crippen LogP contribution in [0.1, 0.15) is 83.3 Å². The van der Waals surface area contributed by atoms with Crippen molar-refractivity contribution in [2.45, 2.75) is 97.1 Å². The maximum Gasteiger partial charge on any atom is 0.169 e. The average Bonchev–Trinajstić information content (AvgIpc) is 3.13. The molecule has 1 aromatic rings. The van der Waals surface area contributed by atoms with Crippen LogP contribution in [0.5, 0.6) is 0 Å². The lowest BCUT2D eigenvalue weighted by Gasteiger charge is -2.59. The maximum absolute atomic E-state index is 12.8. The molecule has 5 rings (SSSR count). The highest BCUT2D eigenvalue weighted by atomic mass is 16.6. The minimum Gasteiger partial charge on any atom is -0.370 e. The topological polar surface area (TPSA) is 55.8 Å². The lowest BCUT2D eigenvalue weighted by atomic mass is 9.46. The van der Waals surface area contributed by atoms with E-state index in [2.05, 4.69) is 51.1 Å². The van der Waals surface area contributed by atoms with E-state index < -0.39 is 11.4 Å². The molecule has 4 heteroatoms. The first kappa shape index (κ1) is 24.2. The van der Waals surface area contributed by atoms with Gasteiger partial charge in [-0.2, -0.15) is 0 Å². The van der Waals surface area contributed by atoms with Crippen LogP contribution in [-0.4, -0.2) is 29.4 Å². The summed E-state index contributed by atoms with van der Waals surface area (Å²) in [6, 6.07) is 8.35. The van der Waals surface area contributed by atoms with Crippen LogP contribution in [0, 0.1) is 35.5 Å². The quantitative estimate of drug-likeness (QED) is 0.418. The predicted molar refractivity (Wildman–Crippen MR) is 133 cm³/mol. The van der Waals surface area contributed by atoms with Crippen molar-refractivity contribution in [2.75, 3.05) is 7.11 Å². The summed E-state index contributed by atoms with van der Waals surface area (Å²) < 4.78 is 12.2. The number of hydrogen-bond donors (Lipinski definition) is 1. The number of methoxy groups -OCH3 is 1. The molecule has 0 spiro atoms. The molecule has 0 heterocycles. The molecule has 3 saturated carbocycles. The Bertz CT molecular complexity index is 982. The molecule has 0 saturated heterocycles. The Balaban J connectivity index is 1.35. The third-order valence-electron chi connectivity index (χ3n) is 10.8. The number of ether oxygens (including phenoxy) is 2. The number of aryl methyl sites for hydroxylation is 1. The molecule has 186 valence electrons. The molecule has 34 heavy (non-hydrogen) atoms. The molecule has 4 nitrogen and oxygen atoms in total. The van der Waals surface area contributed by atoms with Crippen LogP contribution < -0.4 is 0 Å². The Hall–Kier alpha value is -1.49. The van der Waals surface area contributed by atoms with Gasteiger partial charge in [0.05, 0.1) is 6.61 Å². The summed E-state index contributed by atoms with van der Waals surface area (Å²) in [6.07, 6.45) is 9.81. The number of fused-ring (bicyclic) bond motifs is 5. The van der Waals surface area contributed by atoms with Crippen LogP contribution in [0.2, 0.25) is 0 Å². The Morgan fingerprint density at radius 2 is 1.76 bits per heavy atom. The van der Waals surface area contributed by atoms with E-state index in [4.69, 9.17) is 9.47 Å². The SMILES string of the molecule is COC1(C(C)=O)CCC2C3CC=C4CC(O)(OCc5ccc(C)cc5)CCC4(C)C3CCC21C. The maximum atomic E-state index is 12.8. The molecule has 1 aromatic carbocycles. The largest absolute Gasteiger partial charge is 0.370 e. The van der Waals surface area contributed by atoms with E-state index in [9.17, 15) is 9.90 Å². The van der Waals surface area contributed by atoms with Gasteiger partial charge in [0.25, 0.3) is 0 Å². The van der Waals surface area contributed by atoms with Gasteiger partial charge < -0.3 is 14.6 Å². The van der Waals surface area contributed by atoms with E-state index in [1.165, 1.54) is 11.1 Å². The number of ketones is 1. The summed E-state index contributed by atoms with van der Waals surface area (Å²) in [5, 5.41) is 11.4. The monoisotopic (exact) mass is 466 g/mol. The van der Waals surface area contributed by atoms with Gasteiger partial charge in [-0.3, -0.25) is 4.79 Å². The first-order valence-electron chi connectivity index (χ1n) is 13.2. The molecule has 0 radical (unpaired) electrons. The standard InChI is InChI=1S/C30H42O4/c1-20-6-8-22(9-7-20)19-34-29(32)17-16-27(3)23(18-29)10-11-24-25(27)12-14-28(4)26(24)13-15-30(28,33-5)21(2)31/h6-10,24-26,32H,11-19H2,1-5H3. The predicted octanol–water partition coefficient (Wildman–Crippen LogP) is 6.14. The second-order valence-electron chi connectivity index (χ2n) is 12.2. The lowest BCUT2D eigenvalue weighted by molar-refractivity contribution is -0.232. The Labute approximate surface area is 205 Å². The third kappa shape index (κ3) is 3.47. The van der Waals surface area contributed by atoms with Crippen molar-refractivity contribution in [2.24, 2.45) is 28.6 Å². The minimum atomic E-state index is -1.08. The van der Waals surface area contributed by atoms with E-state index in [-0.39, 0.29) is 16.6 Å². The number of aliphatic hydroxyl groups is 1. The van der Waals surface area contributed by atoms with Crippen molar-refractivity contribution in [3.8, 4) is 0 Å². The lowest BCUT2D eigenvalue weighted by Crippen LogP contribution is -2.58. The van der Waals surface area contributed by atoms with Gasteiger partial charge in [0.2, 0.25) is 0 Å². The van der Waals surface area contributed by atoms with Crippen LogP contribution >= 0.6 is 0 Å². The van der Waals surface area contributed by atoms with Gasteiger partial charge in [-0.05, 0) is 81.1 Å². The van der Waals surface area contributed by atoms with Crippen molar-refractivity contribution >= 4 is 5.78 Å². The molecule has 3 fully saturated rings. The zero-order valence-electron chi connectivity index (χ0n) is 21.7. The van der Waals surface area contributed by atoms with Gasteiger partial charge in [-0.25, -0.2) is 0 Å². The number of carbonyl (C=O) groups is 1. The minimum absolute atomic E-state index is 0.0804. The molecule has 0 bridgehead atoms. The molecular formula is C30H42O4. The normalized spacial score (nSPS) is 43.5. The second-order valence-corrected chi connectivity index (χ2v) is 12.2. The molecule has 0 aliphatic heterocycles. The molecule has 0 amide bonds. The van der Waals surface area contributed by atoms with Gasteiger partial charge in [-0.1, -0.05) is 55.3 Å². The molecule has 7 unspecified atom stereocenters. The zero-order valence-corrected chi connectivity index (χ0v) is 21.7. The molecule has 7 atom stereocenters. The number of benzene rings is 1. The highest BCUT2D eigenvalue weighted by Crippen LogP contribution is 2.68. The summed E-state index contributed by atoms with van der Waals surface area (Å²) in [6.45, 7) is 9.00. The van der Waals surface area contributed by atoms with E-state index in [1.807, 2.05) is 0 Å². The summed E-state index contributed by atoms with van der Waals surface area (Å²) in [7, 11) is 1.74. The summed E-state index contributed by atoms with van der Waals surface area (Å²) in [5.74, 6) is 0.822. The van der Waals surface area contributed by atoms with Crippen LogP contribution in [-0.2, 0) is 20.9 Å². The Morgan fingerprint density at radius 3 is 2.44 bits per heavy atom. The number of hydrogen-bond acceptors (Lipinski definition) is 4. The molecule has 4 aliphatic rings. The van der Waals surface area contributed by atoms with Crippen molar-refractivity contribution < 1.29 is 19.4 Å². The number of allylic oxidation sites excluding steroid dienone is 1. The number of rotatable bonds is 5. The van der Waals surface area contributed by atoms with Gasteiger partial charge in [0.15, 0.2) is 11.6 Å². The average molecular weight is 467 g/mol. The second kappa shape index (κ2) is 8.28. The van der Waals surface area contributed by atoms with E-state index in [1.54, 1.807) is 14.0 Å². The Kier molecular flexibility index (Phi) is 5.90. The van der Waals surface area contributed by atoms with Crippen molar-refractivity contribution in [3.05, 3.63) is 47.0 Å². The van der Waals surface area contributed by atoms with Crippen LogP contribution in [0.15, 0.2) is 35.9 Å². The number of Topliss-reactive ketones (excluding diaryl/α,β-unsaturated/α-hetero) is 1. The summed E-state index contributed by atoms with van der Waals surface area (Å²) in [5.41, 5.74) is 3.13. The van der Waals surface area contributed by atoms with Gasteiger partial charge in [0, 0.05) is 25.4 Å². The highest BCUT2D eigenvalue weighted by Gasteiger charge is 2.66. The molecular weight excluding hydrogens is 424 g/mol. The summed E-state index contributed by atoms with van der Waals surface area (Å²) >= 11 is 0. The summed E-state index contributed by atoms with van der Waals surface area (Å²) in [4.78, 5) is 12.8. The van der Waals surface area contributed by atoms with Crippen LogP contribution in [0.25, 0.3) is 0 Å². The van der Waals surface area contributed by atoms with E-state index in [0.717, 1.165) is 44.1 Å². The van der Waals surface area contributed by atoms with Gasteiger partial charge in [-0.15, -0.1) is 0 Å². The van der Waals surface area contributed by atoms with Gasteiger partial charge >= 0.3 is 0 Å². The smallest absolute Gasteiger partial charge is 0.169 e. The number of carbonyl (C=O) groups excluding carboxylic acids is 1. The van der Waals surface area contributed by atoms with Crippen molar-refractivity contribution in [1.29, 1.82) is 0 Å². The first-order chi connectivity index (χ1) is 16.1. The first-order valence-corrected chi connectivity index (χ1v) is 13.2. The van der Waals surface area contributed by atoms with E-state index in [0.29, 0.717) is 37.2 Å². The fourth-order valence-electron chi connectivity index (χ4n) is 8.70.